The van der Waals surface area contributed by atoms with Gasteiger partial charge in [-0.05, 0) is 6.92 Å². The number of benzene rings is 1. The highest BCUT2D eigenvalue weighted by atomic mass is 19.3. The van der Waals surface area contributed by atoms with E-state index in [1.165, 1.54) is 12.1 Å². The van der Waals surface area contributed by atoms with Gasteiger partial charge in [0.05, 0.1) is 0 Å². The molecule has 0 atom stereocenters. The molecule has 1 rings (SSSR count). The molecule has 0 saturated carbocycles. The Morgan fingerprint density at radius 3 is 2.08 bits per heavy atom. The number of hydrogen-bond acceptors (Lipinski definition) is 0. The topological polar surface area (TPSA) is 0 Å². The predicted octanol–water partition coefficient (Wildman–Crippen LogP) is 3.06. The van der Waals surface area contributed by atoms with Crippen molar-refractivity contribution >= 4 is 0 Å². The molecule has 1 aromatic rings. The van der Waals surface area contributed by atoms with Crippen molar-refractivity contribution in [2.24, 2.45) is 0 Å². The van der Waals surface area contributed by atoms with Gasteiger partial charge in [0, 0.05) is 5.56 Å². The molecule has 1 aromatic carbocycles. The summed E-state index contributed by atoms with van der Waals surface area (Å²) in [7, 11) is 0. The van der Waals surface area contributed by atoms with Crippen LogP contribution >= 0.6 is 0 Å². The second-order valence-corrected chi connectivity index (χ2v) is 2.70. The Labute approximate surface area is 69.0 Å². The molecule has 0 heterocycles. The quantitative estimate of drug-likeness (QED) is 0.646. The molecule has 0 amide bonds. The SMILES string of the molecule is Cc1ccc(C(F)(F)CF)cc1. The fraction of sp³-hybridized carbons (Fsp3) is 0.333. The average Bonchev–Trinajstić information content (AvgIpc) is 2.05. The van der Waals surface area contributed by atoms with Crippen molar-refractivity contribution in [2.75, 3.05) is 6.67 Å². The summed E-state index contributed by atoms with van der Waals surface area (Å²) in [4.78, 5) is 0. The van der Waals surface area contributed by atoms with E-state index in [0.717, 1.165) is 5.56 Å². The van der Waals surface area contributed by atoms with Crippen molar-refractivity contribution < 1.29 is 13.2 Å². The molecular weight excluding hydrogens is 165 g/mol. The van der Waals surface area contributed by atoms with E-state index in [4.69, 9.17) is 0 Å². The molecule has 3 heteroatoms. The standard InChI is InChI=1S/C9H9F3/c1-7-2-4-8(5-3-7)9(11,12)6-10/h2-5H,6H2,1H3. The molecule has 0 nitrogen and oxygen atoms in total. The van der Waals surface area contributed by atoms with Gasteiger partial charge in [0.1, 0.15) is 0 Å². The predicted molar refractivity (Wildman–Crippen MR) is 41.0 cm³/mol. The van der Waals surface area contributed by atoms with Gasteiger partial charge in [-0.2, -0.15) is 8.78 Å². The van der Waals surface area contributed by atoms with Crippen LogP contribution in [0.3, 0.4) is 0 Å². The number of halogens is 3. The third-order valence-electron chi connectivity index (χ3n) is 1.64. The minimum absolute atomic E-state index is 0.268. The number of rotatable bonds is 2. The van der Waals surface area contributed by atoms with E-state index in [2.05, 4.69) is 0 Å². The van der Waals surface area contributed by atoms with Gasteiger partial charge in [-0.25, -0.2) is 4.39 Å². The lowest BCUT2D eigenvalue weighted by Gasteiger charge is -2.11. The zero-order valence-electron chi connectivity index (χ0n) is 6.65. The van der Waals surface area contributed by atoms with Gasteiger partial charge in [0.2, 0.25) is 0 Å². The Kier molecular flexibility index (Phi) is 2.40. The van der Waals surface area contributed by atoms with Crippen LogP contribution in [0, 0.1) is 6.92 Å². The molecule has 0 radical (unpaired) electrons. The Morgan fingerprint density at radius 1 is 1.17 bits per heavy atom. The molecule has 0 spiro atoms. The largest absolute Gasteiger partial charge is 0.301 e. The van der Waals surface area contributed by atoms with Crippen LogP contribution in [0.5, 0.6) is 0 Å². The van der Waals surface area contributed by atoms with Crippen molar-refractivity contribution in [3.63, 3.8) is 0 Å². The normalized spacial score (nSPS) is 11.7. The zero-order chi connectivity index (χ0) is 9.19. The van der Waals surface area contributed by atoms with Gasteiger partial charge in [0.15, 0.2) is 6.67 Å². The lowest BCUT2D eigenvalue weighted by molar-refractivity contribution is -0.0280. The Morgan fingerprint density at radius 2 is 1.67 bits per heavy atom. The molecule has 0 bridgehead atoms. The molecule has 0 fully saturated rings. The Hall–Kier alpha value is -0.990. The van der Waals surface area contributed by atoms with Gasteiger partial charge in [-0.15, -0.1) is 0 Å². The van der Waals surface area contributed by atoms with Crippen LogP contribution in [0.4, 0.5) is 13.2 Å². The van der Waals surface area contributed by atoms with E-state index < -0.39 is 12.6 Å². The summed E-state index contributed by atoms with van der Waals surface area (Å²) in [6.45, 7) is 0.146. The minimum atomic E-state index is -3.34. The smallest absolute Gasteiger partial charge is 0.244 e. The third kappa shape index (κ3) is 1.78. The molecule has 66 valence electrons. The first-order valence-electron chi connectivity index (χ1n) is 3.57. The van der Waals surface area contributed by atoms with Crippen molar-refractivity contribution in [3.8, 4) is 0 Å². The zero-order valence-corrected chi connectivity index (χ0v) is 6.65. The fourth-order valence-electron chi connectivity index (χ4n) is 0.875. The summed E-state index contributed by atoms with van der Waals surface area (Å²) in [5.41, 5.74) is 0.615. The lowest BCUT2D eigenvalue weighted by atomic mass is 10.1. The third-order valence-corrected chi connectivity index (χ3v) is 1.64. The van der Waals surface area contributed by atoms with Crippen LogP contribution < -0.4 is 0 Å². The second-order valence-electron chi connectivity index (χ2n) is 2.70. The van der Waals surface area contributed by atoms with Gasteiger partial charge in [-0.1, -0.05) is 29.8 Å². The van der Waals surface area contributed by atoms with Crippen LogP contribution in [0.1, 0.15) is 11.1 Å². The highest BCUT2D eigenvalue weighted by molar-refractivity contribution is 5.24. The van der Waals surface area contributed by atoms with Gasteiger partial charge >= 0.3 is 5.92 Å². The maximum absolute atomic E-state index is 12.6. The van der Waals surface area contributed by atoms with Crippen molar-refractivity contribution in [3.05, 3.63) is 35.4 Å². The van der Waals surface area contributed by atoms with Crippen LogP contribution in [0.25, 0.3) is 0 Å². The molecule has 0 saturated heterocycles. The summed E-state index contributed by atoms with van der Waals surface area (Å²) in [5, 5.41) is 0. The summed E-state index contributed by atoms with van der Waals surface area (Å²) < 4.78 is 37.1. The lowest BCUT2D eigenvalue weighted by Crippen LogP contribution is -2.15. The van der Waals surface area contributed by atoms with E-state index in [1.807, 2.05) is 0 Å². The number of hydrogen-bond donors (Lipinski definition) is 0. The van der Waals surface area contributed by atoms with Crippen LogP contribution in [-0.2, 0) is 5.92 Å². The van der Waals surface area contributed by atoms with Crippen LogP contribution in [-0.4, -0.2) is 6.67 Å². The van der Waals surface area contributed by atoms with Gasteiger partial charge in [-0.3, -0.25) is 0 Å². The summed E-state index contributed by atoms with van der Waals surface area (Å²) in [6, 6.07) is 5.57. The molecule has 0 aliphatic heterocycles. The summed E-state index contributed by atoms with van der Waals surface area (Å²) in [5.74, 6) is -3.34. The molecule has 0 aliphatic rings. The van der Waals surface area contributed by atoms with Crippen molar-refractivity contribution in [1.82, 2.24) is 0 Å². The Balaban J connectivity index is 2.96. The Bertz CT molecular complexity index is 251. The number of alkyl halides is 3. The van der Waals surface area contributed by atoms with Crippen LogP contribution in [0.15, 0.2) is 24.3 Å². The summed E-state index contributed by atoms with van der Waals surface area (Å²) in [6.07, 6.45) is 0. The first-order valence-corrected chi connectivity index (χ1v) is 3.57. The number of aryl methyl sites for hydroxylation is 1. The maximum atomic E-state index is 12.6. The fourth-order valence-corrected chi connectivity index (χ4v) is 0.875. The van der Waals surface area contributed by atoms with Crippen LogP contribution in [0.2, 0.25) is 0 Å². The summed E-state index contributed by atoms with van der Waals surface area (Å²) >= 11 is 0. The highest BCUT2D eigenvalue weighted by Gasteiger charge is 2.30. The van der Waals surface area contributed by atoms with E-state index in [1.54, 1.807) is 19.1 Å². The van der Waals surface area contributed by atoms with Gasteiger partial charge in [0.25, 0.3) is 0 Å². The molecule has 0 aliphatic carbocycles. The first kappa shape index (κ1) is 9.10. The molecule has 0 aromatic heterocycles. The highest BCUT2D eigenvalue weighted by Crippen LogP contribution is 2.28. The van der Waals surface area contributed by atoms with Crippen molar-refractivity contribution in [2.45, 2.75) is 12.8 Å². The molecule has 0 N–H and O–H groups in total. The average molecular weight is 174 g/mol. The van der Waals surface area contributed by atoms with E-state index in [0.29, 0.717) is 0 Å². The first-order chi connectivity index (χ1) is 5.56. The van der Waals surface area contributed by atoms with E-state index >= 15 is 0 Å². The van der Waals surface area contributed by atoms with E-state index in [9.17, 15) is 13.2 Å². The monoisotopic (exact) mass is 174 g/mol. The maximum Gasteiger partial charge on any atom is 0.301 e. The molecule has 0 unspecified atom stereocenters. The minimum Gasteiger partial charge on any atom is -0.244 e. The molecular formula is C9H9F3. The van der Waals surface area contributed by atoms with Gasteiger partial charge < -0.3 is 0 Å². The molecule has 12 heavy (non-hydrogen) atoms. The second kappa shape index (κ2) is 3.17. The van der Waals surface area contributed by atoms with E-state index in [-0.39, 0.29) is 5.56 Å². The van der Waals surface area contributed by atoms with Crippen molar-refractivity contribution in [1.29, 1.82) is 0 Å².